The van der Waals surface area contributed by atoms with Crippen LogP contribution in [-0.4, -0.2) is 16.7 Å². The van der Waals surface area contributed by atoms with Crippen LogP contribution in [0.3, 0.4) is 0 Å². The van der Waals surface area contributed by atoms with Gasteiger partial charge in [-0.1, -0.05) is 6.08 Å². The molecule has 0 aliphatic carbocycles. The molecule has 12 heavy (non-hydrogen) atoms. The molecule has 0 radical (unpaired) electrons. The zero-order valence-electron chi connectivity index (χ0n) is 6.69. The van der Waals surface area contributed by atoms with Crippen LogP contribution in [0.1, 0.15) is 12.1 Å². The minimum absolute atomic E-state index is 0.131. The largest absolute Gasteiger partial charge is 0.450 e. The summed E-state index contributed by atoms with van der Waals surface area (Å²) < 4.78 is 9.94. The molecule has 1 heterocycles. The van der Waals surface area contributed by atoms with E-state index in [1.165, 1.54) is 6.26 Å². The van der Waals surface area contributed by atoms with Gasteiger partial charge >= 0.3 is 6.08 Å². The Bertz CT molecular complexity index is 244. The third-order valence-corrected chi connectivity index (χ3v) is 1.24. The number of ether oxygens (including phenoxy) is 1. The SMILES string of the molecule is C=CCCOc1nc(CO)co1. The second kappa shape index (κ2) is 4.56. The summed E-state index contributed by atoms with van der Waals surface area (Å²) in [4.78, 5) is 3.83. The summed E-state index contributed by atoms with van der Waals surface area (Å²) in [6, 6.07) is 0. The van der Waals surface area contributed by atoms with Crippen molar-refractivity contribution in [3.63, 3.8) is 0 Å². The van der Waals surface area contributed by atoms with E-state index in [0.29, 0.717) is 12.3 Å². The molecule has 0 unspecified atom stereocenters. The molecule has 4 nitrogen and oxygen atoms in total. The quantitative estimate of drug-likeness (QED) is 0.530. The summed E-state index contributed by atoms with van der Waals surface area (Å²) in [5, 5.41) is 8.63. The Morgan fingerprint density at radius 3 is 3.17 bits per heavy atom. The normalized spacial score (nSPS) is 9.75. The molecule has 0 spiro atoms. The molecule has 0 atom stereocenters. The molecule has 0 amide bonds. The molecule has 0 saturated carbocycles. The highest BCUT2D eigenvalue weighted by molar-refractivity contribution is 4.97. The number of aliphatic hydroxyl groups is 1. The predicted octanol–water partition coefficient (Wildman–Crippen LogP) is 1.12. The van der Waals surface area contributed by atoms with Gasteiger partial charge < -0.3 is 14.3 Å². The lowest BCUT2D eigenvalue weighted by Gasteiger charge is -1.95. The average Bonchev–Trinajstić information content (AvgIpc) is 2.53. The Labute approximate surface area is 70.5 Å². The van der Waals surface area contributed by atoms with Crippen molar-refractivity contribution < 1.29 is 14.3 Å². The van der Waals surface area contributed by atoms with Crippen LogP contribution in [-0.2, 0) is 6.61 Å². The van der Waals surface area contributed by atoms with Crippen molar-refractivity contribution in [2.24, 2.45) is 0 Å². The first-order chi connectivity index (χ1) is 5.86. The van der Waals surface area contributed by atoms with Gasteiger partial charge in [0.25, 0.3) is 0 Å². The van der Waals surface area contributed by atoms with Crippen LogP contribution in [0.5, 0.6) is 6.08 Å². The van der Waals surface area contributed by atoms with Gasteiger partial charge in [-0.05, 0) is 6.42 Å². The summed E-state index contributed by atoms with van der Waals surface area (Å²) in [5.41, 5.74) is 0.476. The highest BCUT2D eigenvalue weighted by Crippen LogP contribution is 2.09. The first-order valence-electron chi connectivity index (χ1n) is 3.65. The van der Waals surface area contributed by atoms with Gasteiger partial charge in [0.2, 0.25) is 0 Å². The number of aromatic nitrogens is 1. The highest BCUT2D eigenvalue weighted by atomic mass is 16.6. The maximum absolute atomic E-state index is 8.63. The van der Waals surface area contributed by atoms with Crippen molar-refractivity contribution in [2.75, 3.05) is 6.61 Å². The monoisotopic (exact) mass is 169 g/mol. The van der Waals surface area contributed by atoms with E-state index < -0.39 is 0 Å². The molecule has 0 bridgehead atoms. The Morgan fingerprint density at radius 1 is 1.75 bits per heavy atom. The Kier molecular flexibility index (Phi) is 3.35. The standard InChI is InChI=1S/C8H11NO3/c1-2-3-4-11-8-9-7(5-10)6-12-8/h2,6,10H,1,3-5H2. The first-order valence-corrected chi connectivity index (χ1v) is 3.65. The molecule has 1 aromatic rings. The summed E-state index contributed by atoms with van der Waals surface area (Å²) in [7, 11) is 0. The topological polar surface area (TPSA) is 55.5 Å². The van der Waals surface area contributed by atoms with Gasteiger partial charge in [0, 0.05) is 0 Å². The van der Waals surface area contributed by atoms with Crippen LogP contribution in [0.25, 0.3) is 0 Å². The molecule has 66 valence electrons. The number of aliphatic hydroxyl groups excluding tert-OH is 1. The fraction of sp³-hybridized carbons (Fsp3) is 0.375. The third kappa shape index (κ3) is 2.39. The van der Waals surface area contributed by atoms with Gasteiger partial charge in [-0.25, -0.2) is 0 Å². The van der Waals surface area contributed by atoms with Crippen molar-refractivity contribution in [3.8, 4) is 6.08 Å². The van der Waals surface area contributed by atoms with Crippen LogP contribution in [0.15, 0.2) is 23.3 Å². The molecule has 0 aromatic carbocycles. The van der Waals surface area contributed by atoms with Crippen LogP contribution in [0.2, 0.25) is 0 Å². The zero-order valence-corrected chi connectivity index (χ0v) is 6.69. The van der Waals surface area contributed by atoms with E-state index in [1.807, 2.05) is 0 Å². The van der Waals surface area contributed by atoms with Gasteiger partial charge in [-0.15, -0.1) is 6.58 Å². The van der Waals surface area contributed by atoms with Gasteiger partial charge in [0.1, 0.15) is 12.0 Å². The average molecular weight is 169 g/mol. The third-order valence-electron chi connectivity index (χ3n) is 1.24. The van der Waals surface area contributed by atoms with Crippen LogP contribution >= 0.6 is 0 Å². The van der Waals surface area contributed by atoms with E-state index in [4.69, 9.17) is 14.3 Å². The molecule has 4 heteroatoms. The first kappa shape index (κ1) is 8.80. The van der Waals surface area contributed by atoms with E-state index >= 15 is 0 Å². The fourth-order valence-corrected chi connectivity index (χ4v) is 0.657. The summed E-state index contributed by atoms with van der Waals surface area (Å²) >= 11 is 0. The van der Waals surface area contributed by atoms with Crippen molar-refractivity contribution in [2.45, 2.75) is 13.0 Å². The van der Waals surface area contributed by atoms with Crippen molar-refractivity contribution in [1.29, 1.82) is 0 Å². The van der Waals surface area contributed by atoms with Crippen LogP contribution in [0.4, 0.5) is 0 Å². The van der Waals surface area contributed by atoms with E-state index in [9.17, 15) is 0 Å². The van der Waals surface area contributed by atoms with E-state index in [-0.39, 0.29) is 12.7 Å². The highest BCUT2D eigenvalue weighted by Gasteiger charge is 2.01. The molecular formula is C8H11NO3. The Balaban J connectivity index is 2.36. The number of hydrogen-bond acceptors (Lipinski definition) is 4. The number of oxazole rings is 1. The lowest BCUT2D eigenvalue weighted by molar-refractivity contribution is 0.235. The maximum Gasteiger partial charge on any atom is 0.393 e. The number of nitrogens with zero attached hydrogens (tertiary/aromatic N) is 1. The molecule has 1 aromatic heterocycles. The lowest BCUT2D eigenvalue weighted by Crippen LogP contribution is -1.95. The van der Waals surface area contributed by atoms with Crippen LogP contribution in [0, 0.1) is 0 Å². The number of rotatable bonds is 5. The molecule has 0 aliphatic rings. The van der Waals surface area contributed by atoms with E-state index in [2.05, 4.69) is 11.6 Å². The van der Waals surface area contributed by atoms with E-state index in [0.717, 1.165) is 6.42 Å². The molecule has 1 N–H and O–H groups in total. The second-order valence-corrected chi connectivity index (χ2v) is 2.19. The minimum atomic E-state index is -0.131. The Morgan fingerprint density at radius 2 is 2.58 bits per heavy atom. The van der Waals surface area contributed by atoms with E-state index in [1.54, 1.807) is 6.08 Å². The van der Waals surface area contributed by atoms with Gasteiger partial charge in [-0.2, -0.15) is 4.98 Å². The summed E-state index contributed by atoms with van der Waals surface area (Å²) in [5.74, 6) is 0. The van der Waals surface area contributed by atoms with Crippen molar-refractivity contribution in [3.05, 3.63) is 24.6 Å². The molecule has 0 aliphatic heterocycles. The fourth-order valence-electron chi connectivity index (χ4n) is 0.657. The predicted molar refractivity (Wildman–Crippen MR) is 42.7 cm³/mol. The molecular weight excluding hydrogens is 158 g/mol. The van der Waals surface area contributed by atoms with Crippen molar-refractivity contribution >= 4 is 0 Å². The van der Waals surface area contributed by atoms with Gasteiger partial charge in [-0.3, -0.25) is 0 Å². The second-order valence-electron chi connectivity index (χ2n) is 2.19. The van der Waals surface area contributed by atoms with Gasteiger partial charge in [0.05, 0.1) is 13.2 Å². The molecule has 0 saturated heterocycles. The minimum Gasteiger partial charge on any atom is -0.450 e. The number of hydrogen-bond donors (Lipinski definition) is 1. The molecule has 0 fully saturated rings. The van der Waals surface area contributed by atoms with Gasteiger partial charge in [0.15, 0.2) is 0 Å². The summed E-state index contributed by atoms with van der Waals surface area (Å²) in [6.45, 7) is 3.91. The zero-order chi connectivity index (χ0) is 8.81. The van der Waals surface area contributed by atoms with Crippen molar-refractivity contribution in [1.82, 2.24) is 4.98 Å². The smallest absolute Gasteiger partial charge is 0.393 e. The Hall–Kier alpha value is -1.29. The molecule has 1 rings (SSSR count). The van der Waals surface area contributed by atoms with Crippen LogP contribution < -0.4 is 4.74 Å². The maximum atomic E-state index is 8.63. The summed E-state index contributed by atoms with van der Waals surface area (Å²) in [6.07, 6.45) is 4.05. The lowest BCUT2D eigenvalue weighted by atomic mass is 10.5.